The molecule has 0 bridgehead atoms. The van der Waals surface area contributed by atoms with Crippen LogP contribution in [0.2, 0.25) is 0 Å². The lowest BCUT2D eigenvalue weighted by Gasteiger charge is -2.02. The Kier molecular flexibility index (Phi) is 2.97. The SMILES string of the molecule is Cc1nc(-c2ccccc2)c(C(=O)n2ccnc2)s1. The van der Waals surface area contributed by atoms with Crippen LogP contribution in [-0.4, -0.2) is 20.4 Å². The number of benzene rings is 1. The molecule has 0 aliphatic heterocycles. The molecular weight excluding hydrogens is 258 g/mol. The largest absolute Gasteiger partial charge is 0.275 e. The molecule has 1 aromatic carbocycles. The van der Waals surface area contributed by atoms with E-state index < -0.39 is 0 Å². The first-order chi connectivity index (χ1) is 9.25. The van der Waals surface area contributed by atoms with Gasteiger partial charge in [-0.2, -0.15) is 0 Å². The number of aromatic nitrogens is 3. The van der Waals surface area contributed by atoms with E-state index in [1.807, 2.05) is 37.3 Å². The summed E-state index contributed by atoms with van der Waals surface area (Å²) in [6.07, 6.45) is 4.74. The molecule has 19 heavy (non-hydrogen) atoms. The zero-order valence-electron chi connectivity index (χ0n) is 10.3. The number of carbonyl (C=O) groups is 1. The van der Waals surface area contributed by atoms with Gasteiger partial charge in [0, 0.05) is 18.0 Å². The Morgan fingerprint density at radius 2 is 2.05 bits per heavy atom. The Morgan fingerprint density at radius 1 is 1.26 bits per heavy atom. The molecule has 5 heteroatoms. The molecule has 4 nitrogen and oxygen atoms in total. The number of thiazole rings is 1. The lowest BCUT2D eigenvalue weighted by atomic mass is 10.1. The summed E-state index contributed by atoms with van der Waals surface area (Å²) >= 11 is 1.41. The lowest BCUT2D eigenvalue weighted by Crippen LogP contribution is -2.09. The van der Waals surface area contributed by atoms with Crippen molar-refractivity contribution >= 4 is 17.2 Å². The third-order valence-electron chi connectivity index (χ3n) is 2.71. The van der Waals surface area contributed by atoms with Gasteiger partial charge in [-0.1, -0.05) is 30.3 Å². The van der Waals surface area contributed by atoms with Crippen molar-refractivity contribution in [2.75, 3.05) is 0 Å². The van der Waals surface area contributed by atoms with Crippen LogP contribution in [-0.2, 0) is 0 Å². The molecule has 94 valence electrons. The second kappa shape index (κ2) is 4.78. The van der Waals surface area contributed by atoms with Gasteiger partial charge >= 0.3 is 0 Å². The normalized spacial score (nSPS) is 10.6. The maximum atomic E-state index is 12.4. The summed E-state index contributed by atoms with van der Waals surface area (Å²) in [5.74, 6) is -0.0954. The van der Waals surface area contributed by atoms with E-state index in [4.69, 9.17) is 0 Å². The fraction of sp³-hybridized carbons (Fsp3) is 0.0714. The maximum Gasteiger partial charge on any atom is 0.275 e. The number of rotatable bonds is 2. The van der Waals surface area contributed by atoms with E-state index >= 15 is 0 Å². The van der Waals surface area contributed by atoms with E-state index in [9.17, 15) is 4.79 Å². The molecular formula is C14H11N3OS. The summed E-state index contributed by atoms with van der Waals surface area (Å²) in [5, 5.41) is 0.877. The van der Waals surface area contributed by atoms with Gasteiger partial charge in [0.2, 0.25) is 0 Å². The van der Waals surface area contributed by atoms with Gasteiger partial charge in [-0.15, -0.1) is 11.3 Å². The van der Waals surface area contributed by atoms with Crippen molar-refractivity contribution in [2.45, 2.75) is 6.92 Å². The predicted octanol–water partition coefficient (Wildman–Crippen LogP) is 3.00. The number of carbonyl (C=O) groups excluding carboxylic acids is 1. The highest BCUT2D eigenvalue weighted by Crippen LogP contribution is 2.28. The molecule has 0 saturated heterocycles. The summed E-state index contributed by atoms with van der Waals surface area (Å²) < 4.78 is 1.47. The smallest absolute Gasteiger partial charge is 0.271 e. The monoisotopic (exact) mass is 269 g/mol. The van der Waals surface area contributed by atoms with E-state index in [1.165, 1.54) is 22.2 Å². The van der Waals surface area contributed by atoms with Gasteiger partial charge in [-0.25, -0.2) is 9.97 Å². The number of aryl methyl sites for hydroxylation is 1. The number of hydrogen-bond donors (Lipinski definition) is 0. The van der Waals surface area contributed by atoms with Gasteiger partial charge in [0.25, 0.3) is 5.91 Å². The van der Waals surface area contributed by atoms with Crippen LogP contribution in [0.1, 0.15) is 14.7 Å². The first kappa shape index (κ1) is 11.8. The third kappa shape index (κ3) is 2.20. The number of hydrogen-bond acceptors (Lipinski definition) is 4. The molecule has 3 aromatic rings. The second-order valence-electron chi connectivity index (χ2n) is 4.05. The van der Waals surface area contributed by atoms with Crippen molar-refractivity contribution in [3.8, 4) is 11.3 Å². The average Bonchev–Trinajstić information content (AvgIpc) is 3.08. The lowest BCUT2D eigenvalue weighted by molar-refractivity contribution is 0.0964. The summed E-state index contributed by atoms with van der Waals surface area (Å²) in [6.45, 7) is 1.90. The summed E-state index contributed by atoms with van der Waals surface area (Å²) in [4.78, 5) is 21.4. The van der Waals surface area contributed by atoms with Gasteiger partial charge in [0.15, 0.2) is 0 Å². The van der Waals surface area contributed by atoms with Crippen molar-refractivity contribution in [2.24, 2.45) is 0 Å². The van der Waals surface area contributed by atoms with Crippen molar-refractivity contribution in [3.63, 3.8) is 0 Å². The van der Waals surface area contributed by atoms with Gasteiger partial charge in [-0.05, 0) is 6.92 Å². The van der Waals surface area contributed by atoms with Crippen LogP contribution in [0.3, 0.4) is 0 Å². The van der Waals surface area contributed by atoms with Crippen molar-refractivity contribution in [1.82, 2.24) is 14.5 Å². The molecule has 0 unspecified atom stereocenters. The van der Waals surface area contributed by atoms with Crippen LogP contribution >= 0.6 is 11.3 Å². The first-order valence-corrected chi connectivity index (χ1v) is 6.63. The zero-order valence-corrected chi connectivity index (χ0v) is 11.1. The van der Waals surface area contributed by atoms with E-state index in [-0.39, 0.29) is 5.91 Å². The standard InChI is InChI=1S/C14H11N3OS/c1-10-16-12(11-5-3-2-4-6-11)13(19-10)14(18)17-8-7-15-9-17/h2-9H,1H3. The van der Waals surface area contributed by atoms with Gasteiger partial charge in [0.05, 0.1) is 10.7 Å². The minimum absolute atomic E-state index is 0.0954. The second-order valence-corrected chi connectivity index (χ2v) is 5.25. The van der Waals surface area contributed by atoms with Crippen LogP contribution in [0.5, 0.6) is 0 Å². The van der Waals surface area contributed by atoms with Gasteiger partial charge < -0.3 is 0 Å². The molecule has 0 aliphatic rings. The third-order valence-corrected chi connectivity index (χ3v) is 3.67. The topological polar surface area (TPSA) is 47.8 Å². The van der Waals surface area contributed by atoms with E-state index in [0.717, 1.165) is 16.3 Å². The first-order valence-electron chi connectivity index (χ1n) is 5.81. The fourth-order valence-electron chi connectivity index (χ4n) is 1.86. The highest BCUT2D eigenvalue weighted by molar-refractivity contribution is 7.14. The Labute approximate surface area is 114 Å². The van der Waals surface area contributed by atoms with E-state index in [0.29, 0.717) is 4.88 Å². The summed E-state index contributed by atoms with van der Waals surface area (Å²) in [6, 6.07) is 9.74. The Bertz CT molecular complexity index is 702. The Balaban J connectivity index is 2.10. The quantitative estimate of drug-likeness (QED) is 0.718. The zero-order chi connectivity index (χ0) is 13.2. The highest BCUT2D eigenvalue weighted by Gasteiger charge is 2.19. The Hall–Kier alpha value is -2.27. The minimum Gasteiger partial charge on any atom is -0.271 e. The minimum atomic E-state index is -0.0954. The molecule has 0 aliphatic carbocycles. The molecule has 0 fully saturated rings. The van der Waals surface area contributed by atoms with Gasteiger partial charge in [0.1, 0.15) is 11.2 Å². The van der Waals surface area contributed by atoms with Crippen LogP contribution < -0.4 is 0 Å². The molecule has 0 amide bonds. The highest BCUT2D eigenvalue weighted by atomic mass is 32.1. The molecule has 0 N–H and O–H groups in total. The fourth-order valence-corrected chi connectivity index (χ4v) is 2.75. The molecule has 2 aromatic heterocycles. The molecule has 0 spiro atoms. The Morgan fingerprint density at radius 3 is 2.74 bits per heavy atom. The summed E-state index contributed by atoms with van der Waals surface area (Å²) in [7, 11) is 0. The maximum absolute atomic E-state index is 12.4. The van der Waals surface area contributed by atoms with Crippen LogP contribution in [0.4, 0.5) is 0 Å². The van der Waals surface area contributed by atoms with Crippen molar-refractivity contribution in [3.05, 3.63) is 58.9 Å². The average molecular weight is 269 g/mol. The van der Waals surface area contributed by atoms with Crippen molar-refractivity contribution < 1.29 is 4.79 Å². The molecule has 2 heterocycles. The molecule has 0 saturated carbocycles. The van der Waals surface area contributed by atoms with E-state index in [1.54, 1.807) is 12.4 Å². The van der Waals surface area contributed by atoms with Crippen LogP contribution in [0.15, 0.2) is 49.1 Å². The number of imidazole rings is 1. The van der Waals surface area contributed by atoms with E-state index in [2.05, 4.69) is 9.97 Å². The van der Waals surface area contributed by atoms with Crippen LogP contribution in [0.25, 0.3) is 11.3 Å². The molecule has 0 radical (unpaired) electrons. The molecule has 0 atom stereocenters. The van der Waals surface area contributed by atoms with Gasteiger partial charge in [-0.3, -0.25) is 9.36 Å². The number of nitrogens with zero attached hydrogens (tertiary/aromatic N) is 3. The summed E-state index contributed by atoms with van der Waals surface area (Å²) in [5.41, 5.74) is 1.69. The van der Waals surface area contributed by atoms with Crippen molar-refractivity contribution in [1.29, 1.82) is 0 Å². The van der Waals surface area contributed by atoms with Crippen LogP contribution in [0, 0.1) is 6.92 Å². The molecule has 3 rings (SSSR count). The predicted molar refractivity (Wildman–Crippen MR) is 74.2 cm³/mol.